The Labute approximate surface area is 163 Å². The van der Waals surface area contributed by atoms with Crippen LogP contribution in [0.1, 0.15) is 12.7 Å². The molecule has 0 unspecified atom stereocenters. The van der Waals surface area contributed by atoms with Crippen LogP contribution in [-0.4, -0.2) is 40.6 Å². The predicted octanol–water partition coefficient (Wildman–Crippen LogP) is 2.50. The van der Waals surface area contributed by atoms with Crippen molar-refractivity contribution in [3.63, 3.8) is 0 Å². The molecule has 0 radical (unpaired) electrons. The molecule has 0 aliphatic heterocycles. The summed E-state index contributed by atoms with van der Waals surface area (Å²) in [4.78, 5) is 35.4. The molecule has 2 aromatic rings. The van der Waals surface area contributed by atoms with Gasteiger partial charge in [-0.1, -0.05) is 11.2 Å². The monoisotopic (exact) mass is 413 g/mol. The van der Waals surface area contributed by atoms with E-state index in [0.29, 0.717) is 5.76 Å². The highest BCUT2D eigenvalue weighted by atomic mass is 32.2. The number of esters is 1. The summed E-state index contributed by atoms with van der Waals surface area (Å²) in [6.07, 6.45) is -1.28. The van der Waals surface area contributed by atoms with Crippen molar-refractivity contribution in [2.24, 2.45) is 0 Å². The second-order valence-corrected chi connectivity index (χ2v) is 6.57. The maximum absolute atomic E-state index is 13.5. The second kappa shape index (κ2) is 9.83. The van der Waals surface area contributed by atoms with Crippen LogP contribution in [0.5, 0.6) is 0 Å². The van der Waals surface area contributed by atoms with Crippen molar-refractivity contribution < 1.29 is 32.4 Å². The van der Waals surface area contributed by atoms with Crippen LogP contribution in [0.15, 0.2) is 28.8 Å². The fraction of sp³-hybridized carbons (Fsp3) is 0.294. The van der Waals surface area contributed by atoms with Crippen molar-refractivity contribution in [3.05, 3.63) is 41.7 Å². The minimum absolute atomic E-state index is 0.0535. The number of carbonyl (C=O) groups excluding carboxylic acids is 3. The van der Waals surface area contributed by atoms with Crippen molar-refractivity contribution >= 4 is 41.1 Å². The highest BCUT2D eigenvalue weighted by Crippen LogP contribution is 2.18. The molecule has 2 amide bonds. The summed E-state index contributed by atoms with van der Waals surface area (Å²) in [6, 6.07) is 4.66. The van der Waals surface area contributed by atoms with Crippen molar-refractivity contribution in [1.82, 2.24) is 5.16 Å². The van der Waals surface area contributed by atoms with E-state index in [4.69, 9.17) is 9.26 Å². The van der Waals surface area contributed by atoms with Crippen LogP contribution in [0.4, 0.5) is 20.3 Å². The fourth-order valence-corrected chi connectivity index (χ4v) is 2.55. The third-order valence-electron chi connectivity index (χ3n) is 3.24. The van der Waals surface area contributed by atoms with Crippen molar-refractivity contribution in [1.29, 1.82) is 0 Å². The number of halogens is 2. The van der Waals surface area contributed by atoms with Crippen LogP contribution in [0.2, 0.25) is 0 Å². The van der Waals surface area contributed by atoms with Gasteiger partial charge >= 0.3 is 5.97 Å². The second-order valence-electron chi connectivity index (χ2n) is 5.58. The van der Waals surface area contributed by atoms with E-state index in [-0.39, 0.29) is 17.3 Å². The van der Waals surface area contributed by atoms with Gasteiger partial charge < -0.3 is 19.9 Å². The summed E-state index contributed by atoms with van der Waals surface area (Å²) in [5, 5.41) is 8.11. The Kier molecular flexibility index (Phi) is 7.50. The zero-order chi connectivity index (χ0) is 20.7. The summed E-state index contributed by atoms with van der Waals surface area (Å²) in [6.45, 7) is 2.93. The Bertz CT molecular complexity index is 854. The van der Waals surface area contributed by atoms with Crippen molar-refractivity contribution in [2.75, 3.05) is 22.1 Å². The lowest BCUT2D eigenvalue weighted by Gasteiger charge is -2.14. The van der Waals surface area contributed by atoms with Crippen LogP contribution in [0.25, 0.3) is 0 Å². The van der Waals surface area contributed by atoms with Gasteiger partial charge in [0, 0.05) is 6.07 Å². The number of anilines is 2. The lowest BCUT2D eigenvalue weighted by atomic mass is 10.2. The molecule has 0 aliphatic carbocycles. The first-order valence-corrected chi connectivity index (χ1v) is 9.17. The van der Waals surface area contributed by atoms with Gasteiger partial charge in [0.25, 0.3) is 5.91 Å². The number of thioether (sulfide) groups is 1. The first-order chi connectivity index (χ1) is 13.3. The summed E-state index contributed by atoms with van der Waals surface area (Å²) < 4.78 is 36.7. The molecule has 8 nitrogen and oxygen atoms in total. The SMILES string of the molecule is Cc1cc(NC(=O)CSCC(=O)O[C@@H](C)C(=O)Nc2c(F)cccc2F)no1. The molecule has 2 N–H and O–H groups in total. The average molecular weight is 413 g/mol. The molecular weight excluding hydrogens is 396 g/mol. The molecule has 0 fully saturated rings. The number of para-hydroxylation sites is 1. The van der Waals surface area contributed by atoms with Gasteiger partial charge in [-0.05, 0) is 26.0 Å². The van der Waals surface area contributed by atoms with Gasteiger partial charge in [0.1, 0.15) is 23.1 Å². The number of nitrogens with one attached hydrogen (secondary N) is 2. The van der Waals surface area contributed by atoms with Crippen LogP contribution in [0.3, 0.4) is 0 Å². The third kappa shape index (κ3) is 6.34. The first kappa shape index (κ1) is 21.4. The molecule has 0 spiro atoms. The third-order valence-corrected chi connectivity index (χ3v) is 4.14. The summed E-state index contributed by atoms with van der Waals surface area (Å²) in [5.74, 6) is -3.39. The van der Waals surface area contributed by atoms with E-state index >= 15 is 0 Å². The molecule has 150 valence electrons. The minimum Gasteiger partial charge on any atom is -0.452 e. The molecule has 0 saturated heterocycles. The van der Waals surface area contributed by atoms with Gasteiger partial charge in [-0.3, -0.25) is 14.4 Å². The Balaban J connectivity index is 1.73. The number of amides is 2. The van der Waals surface area contributed by atoms with Gasteiger partial charge in [0.2, 0.25) is 5.91 Å². The molecule has 1 aromatic carbocycles. The van der Waals surface area contributed by atoms with E-state index < -0.39 is 41.2 Å². The fourth-order valence-electron chi connectivity index (χ4n) is 1.96. The van der Waals surface area contributed by atoms with E-state index in [1.807, 2.05) is 5.32 Å². The zero-order valence-electron chi connectivity index (χ0n) is 15.0. The van der Waals surface area contributed by atoms with E-state index in [9.17, 15) is 23.2 Å². The molecule has 28 heavy (non-hydrogen) atoms. The zero-order valence-corrected chi connectivity index (χ0v) is 15.8. The van der Waals surface area contributed by atoms with E-state index in [1.54, 1.807) is 6.92 Å². The van der Waals surface area contributed by atoms with Crippen LogP contribution in [0, 0.1) is 18.6 Å². The van der Waals surface area contributed by atoms with Crippen molar-refractivity contribution in [3.8, 4) is 0 Å². The molecule has 0 aliphatic rings. The molecule has 0 saturated carbocycles. The number of benzene rings is 1. The lowest BCUT2D eigenvalue weighted by molar-refractivity contribution is -0.150. The predicted molar refractivity (Wildman–Crippen MR) is 97.7 cm³/mol. The number of hydrogen-bond acceptors (Lipinski definition) is 7. The Morgan fingerprint density at radius 1 is 1.21 bits per heavy atom. The maximum atomic E-state index is 13.5. The van der Waals surface area contributed by atoms with E-state index in [2.05, 4.69) is 10.5 Å². The Hall–Kier alpha value is -2.95. The minimum atomic E-state index is -1.28. The normalized spacial score (nSPS) is 11.6. The van der Waals surface area contributed by atoms with Gasteiger partial charge in [-0.25, -0.2) is 8.78 Å². The number of aryl methyl sites for hydroxylation is 1. The van der Waals surface area contributed by atoms with Crippen LogP contribution in [-0.2, 0) is 19.1 Å². The number of aromatic nitrogens is 1. The molecule has 0 bridgehead atoms. The van der Waals surface area contributed by atoms with Gasteiger partial charge in [0.05, 0.1) is 11.5 Å². The topological polar surface area (TPSA) is 111 Å². The van der Waals surface area contributed by atoms with Crippen LogP contribution < -0.4 is 10.6 Å². The quantitative estimate of drug-likeness (QED) is 0.640. The number of rotatable bonds is 8. The average Bonchev–Trinajstić information content (AvgIpc) is 3.02. The largest absolute Gasteiger partial charge is 0.452 e. The highest BCUT2D eigenvalue weighted by molar-refractivity contribution is 8.00. The molecule has 1 aromatic heterocycles. The Morgan fingerprint density at radius 2 is 1.89 bits per heavy atom. The number of carbonyl (C=O) groups is 3. The van der Waals surface area contributed by atoms with E-state index in [0.717, 1.165) is 30.0 Å². The first-order valence-electron chi connectivity index (χ1n) is 8.01. The summed E-state index contributed by atoms with van der Waals surface area (Å²) in [5.41, 5.74) is -0.621. The molecule has 1 atom stereocenters. The standard InChI is InChI=1S/C17H17F2N3O5S/c1-9-6-13(22-27-9)20-14(23)7-28-8-15(24)26-10(2)17(25)21-16-11(18)4-3-5-12(16)19/h3-6,10H,7-8H2,1-2H3,(H,21,25)(H,20,22,23)/t10-/m0/s1. The lowest BCUT2D eigenvalue weighted by Crippen LogP contribution is -2.31. The van der Waals surface area contributed by atoms with Gasteiger partial charge in [-0.15, -0.1) is 11.8 Å². The maximum Gasteiger partial charge on any atom is 0.316 e. The van der Waals surface area contributed by atoms with Crippen molar-refractivity contribution in [2.45, 2.75) is 20.0 Å². The highest BCUT2D eigenvalue weighted by Gasteiger charge is 2.21. The summed E-state index contributed by atoms with van der Waals surface area (Å²) in [7, 11) is 0. The molecule has 11 heteroatoms. The molecular formula is C17H17F2N3O5S. The molecule has 2 rings (SSSR count). The van der Waals surface area contributed by atoms with Crippen LogP contribution >= 0.6 is 11.8 Å². The number of nitrogens with zero attached hydrogens (tertiary/aromatic N) is 1. The Morgan fingerprint density at radius 3 is 2.50 bits per heavy atom. The van der Waals surface area contributed by atoms with E-state index in [1.165, 1.54) is 13.0 Å². The molecule has 1 heterocycles. The number of ether oxygens (including phenoxy) is 1. The van der Waals surface area contributed by atoms with Gasteiger partial charge in [-0.2, -0.15) is 0 Å². The summed E-state index contributed by atoms with van der Waals surface area (Å²) >= 11 is 0.961. The van der Waals surface area contributed by atoms with Gasteiger partial charge in [0.15, 0.2) is 11.9 Å². The number of hydrogen-bond donors (Lipinski definition) is 2. The smallest absolute Gasteiger partial charge is 0.316 e.